The molecule has 0 amide bonds. The fourth-order valence-corrected chi connectivity index (χ4v) is 2.02. The fraction of sp³-hybridized carbons (Fsp3) is 0.333. The normalized spacial score (nSPS) is 10.4. The van der Waals surface area contributed by atoms with Crippen molar-refractivity contribution in [2.45, 2.75) is 19.9 Å². The van der Waals surface area contributed by atoms with E-state index in [1.54, 1.807) is 11.3 Å². The number of thiazole rings is 1. The van der Waals surface area contributed by atoms with E-state index in [-0.39, 0.29) is 5.82 Å². The maximum Gasteiger partial charge on any atom is 0.342 e. The van der Waals surface area contributed by atoms with Crippen molar-refractivity contribution in [1.82, 2.24) is 20.2 Å². The van der Waals surface area contributed by atoms with Gasteiger partial charge in [0.2, 0.25) is 5.82 Å². The molecule has 7 nitrogen and oxygen atoms in total. The van der Waals surface area contributed by atoms with Crippen molar-refractivity contribution in [2.75, 3.05) is 5.32 Å². The number of hydrogen-bond donors (Lipinski definition) is 3. The van der Waals surface area contributed by atoms with Crippen molar-refractivity contribution in [3.05, 3.63) is 36.9 Å². The zero-order valence-electron chi connectivity index (χ0n) is 9.11. The van der Waals surface area contributed by atoms with E-state index in [0.717, 1.165) is 11.4 Å². The van der Waals surface area contributed by atoms with Gasteiger partial charge in [0.05, 0.1) is 6.54 Å². The zero-order chi connectivity index (χ0) is 12.3. The maximum atomic E-state index is 11.3. The summed E-state index contributed by atoms with van der Waals surface area (Å²) in [5, 5.41) is 9.44. The predicted octanol–water partition coefficient (Wildman–Crippen LogP) is 0.0892. The number of aromatic nitrogens is 4. The molecule has 2 aromatic rings. The molecule has 0 bridgehead atoms. The minimum absolute atomic E-state index is 0.0813. The van der Waals surface area contributed by atoms with E-state index in [2.05, 4.69) is 32.4 Å². The third-order valence-corrected chi connectivity index (χ3v) is 3.21. The second kappa shape index (κ2) is 4.91. The molecule has 0 unspecified atom stereocenters. The van der Waals surface area contributed by atoms with E-state index in [1.165, 1.54) is 4.88 Å². The van der Waals surface area contributed by atoms with Crippen molar-refractivity contribution in [3.8, 4) is 0 Å². The van der Waals surface area contributed by atoms with Crippen LogP contribution in [-0.2, 0) is 13.0 Å². The van der Waals surface area contributed by atoms with E-state index in [4.69, 9.17) is 0 Å². The molecular formula is C9H11N5O2S. The van der Waals surface area contributed by atoms with Crippen LogP contribution in [0.2, 0.25) is 0 Å². The number of nitrogens with one attached hydrogen (secondary N) is 3. The average molecular weight is 253 g/mol. The van der Waals surface area contributed by atoms with Gasteiger partial charge in [0, 0.05) is 11.1 Å². The molecular weight excluding hydrogens is 242 g/mol. The topological polar surface area (TPSA) is 104 Å². The summed E-state index contributed by atoms with van der Waals surface area (Å²) in [6, 6.07) is 0. The molecule has 0 saturated carbocycles. The third kappa shape index (κ3) is 2.78. The molecule has 3 N–H and O–H groups in total. The number of hydrogen-bond acceptors (Lipinski definition) is 6. The van der Waals surface area contributed by atoms with Gasteiger partial charge in [-0.2, -0.15) is 0 Å². The van der Waals surface area contributed by atoms with Crippen molar-refractivity contribution in [3.63, 3.8) is 0 Å². The summed E-state index contributed by atoms with van der Waals surface area (Å²) in [4.78, 5) is 29.5. The summed E-state index contributed by atoms with van der Waals surface area (Å²) >= 11 is 1.58. The number of rotatable bonds is 4. The minimum atomic E-state index is -0.622. The van der Waals surface area contributed by atoms with Crippen LogP contribution in [0.3, 0.4) is 0 Å². The van der Waals surface area contributed by atoms with Crippen LogP contribution in [0.1, 0.15) is 16.8 Å². The van der Waals surface area contributed by atoms with E-state index in [1.807, 2.05) is 6.20 Å². The smallest absolute Gasteiger partial charge is 0.342 e. The van der Waals surface area contributed by atoms with Gasteiger partial charge in [-0.15, -0.1) is 16.4 Å². The largest absolute Gasteiger partial charge is 0.358 e. The van der Waals surface area contributed by atoms with Gasteiger partial charge >= 0.3 is 5.69 Å². The summed E-state index contributed by atoms with van der Waals surface area (Å²) in [5.41, 5.74) is -1.16. The van der Waals surface area contributed by atoms with Gasteiger partial charge in [-0.3, -0.25) is 9.78 Å². The van der Waals surface area contributed by atoms with E-state index < -0.39 is 11.2 Å². The monoisotopic (exact) mass is 253 g/mol. The summed E-state index contributed by atoms with van der Waals surface area (Å²) < 4.78 is 0. The lowest BCUT2D eigenvalue weighted by molar-refractivity contribution is 0.881. The molecule has 2 rings (SSSR count). The van der Waals surface area contributed by atoms with E-state index >= 15 is 0 Å². The highest BCUT2D eigenvalue weighted by molar-refractivity contribution is 7.11. The molecule has 17 heavy (non-hydrogen) atoms. The van der Waals surface area contributed by atoms with Crippen LogP contribution in [0.25, 0.3) is 0 Å². The Balaban J connectivity index is 2.07. The van der Waals surface area contributed by atoms with Crippen LogP contribution >= 0.6 is 11.3 Å². The quantitative estimate of drug-likeness (QED) is 0.716. The first-order chi connectivity index (χ1) is 8.19. The van der Waals surface area contributed by atoms with E-state index in [0.29, 0.717) is 6.54 Å². The lowest BCUT2D eigenvalue weighted by atomic mass is 10.4. The highest BCUT2D eigenvalue weighted by Crippen LogP contribution is 2.13. The van der Waals surface area contributed by atoms with Crippen molar-refractivity contribution in [1.29, 1.82) is 0 Å². The molecule has 2 aromatic heterocycles. The van der Waals surface area contributed by atoms with Crippen LogP contribution < -0.4 is 16.6 Å². The van der Waals surface area contributed by atoms with E-state index in [9.17, 15) is 9.59 Å². The molecule has 8 heteroatoms. The SMILES string of the molecule is CCc1cnc(CNc2n[nH]c(=O)[nH]c2=O)s1. The highest BCUT2D eigenvalue weighted by Gasteiger charge is 2.04. The van der Waals surface area contributed by atoms with Crippen LogP contribution in [0.4, 0.5) is 5.82 Å². The van der Waals surface area contributed by atoms with Crippen LogP contribution in [0.5, 0.6) is 0 Å². The molecule has 90 valence electrons. The molecule has 0 spiro atoms. The van der Waals surface area contributed by atoms with Gasteiger partial charge in [0.25, 0.3) is 5.56 Å². The molecule has 2 heterocycles. The second-order valence-corrected chi connectivity index (χ2v) is 4.48. The molecule has 0 aliphatic rings. The first kappa shape index (κ1) is 11.5. The number of anilines is 1. The zero-order valence-corrected chi connectivity index (χ0v) is 9.93. The molecule has 0 fully saturated rings. The Hall–Kier alpha value is -1.96. The minimum Gasteiger partial charge on any atom is -0.358 e. The Morgan fingerprint density at radius 1 is 1.47 bits per heavy atom. The lowest BCUT2D eigenvalue weighted by Gasteiger charge is -1.99. The summed E-state index contributed by atoms with van der Waals surface area (Å²) in [7, 11) is 0. The van der Waals surface area contributed by atoms with Crippen LogP contribution in [-0.4, -0.2) is 20.2 Å². The first-order valence-electron chi connectivity index (χ1n) is 5.05. The van der Waals surface area contributed by atoms with Gasteiger partial charge in [-0.1, -0.05) is 6.92 Å². The summed E-state index contributed by atoms with van der Waals surface area (Å²) in [6.07, 6.45) is 2.75. The molecule has 0 aliphatic heterocycles. The molecule has 0 radical (unpaired) electrons. The Labute approximate surface area is 99.9 Å². The molecule has 0 aromatic carbocycles. The fourth-order valence-electron chi connectivity index (χ4n) is 1.22. The van der Waals surface area contributed by atoms with Crippen molar-refractivity contribution >= 4 is 17.2 Å². The Bertz CT molecular complexity index is 614. The number of nitrogens with zero attached hydrogens (tertiary/aromatic N) is 2. The van der Waals surface area contributed by atoms with Gasteiger partial charge in [-0.05, 0) is 6.42 Å². The first-order valence-corrected chi connectivity index (χ1v) is 5.87. The lowest BCUT2D eigenvalue weighted by Crippen LogP contribution is -2.26. The van der Waals surface area contributed by atoms with Gasteiger partial charge < -0.3 is 5.32 Å². The van der Waals surface area contributed by atoms with Gasteiger partial charge in [-0.25, -0.2) is 14.9 Å². The third-order valence-electron chi connectivity index (χ3n) is 2.07. The standard InChI is InChI=1S/C9H11N5O2S/c1-2-5-3-10-6(17-5)4-11-7-8(15)12-9(16)14-13-7/h3H,2,4H2,1H3,(H,11,13)(H2,12,14,15,16). The Kier molecular flexibility index (Phi) is 3.33. The Morgan fingerprint density at radius 3 is 2.94 bits per heavy atom. The highest BCUT2D eigenvalue weighted by atomic mass is 32.1. The summed E-state index contributed by atoms with van der Waals surface area (Å²) in [5.74, 6) is 0.0813. The molecule has 0 atom stereocenters. The van der Waals surface area contributed by atoms with Crippen molar-refractivity contribution < 1.29 is 0 Å². The van der Waals surface area contributed by atoms with Crippen LogP contribution in [0, 0.1) is 0 Å². The number of aryl methyl sites for hydroxylation is 1. The van der Waals surface area contributed by atoms with Gasteiger partial charge in [0.1, 0.15) is 5.01 Å². The Morgan fingerprint density at radius 2 is 2.29 bits per heavy atom. The van der Waals surface area contributed by atoms with Crippen LogP contribution in [0.15, 0.2) is 15.8 Å². The second-order valence-electron chi connectivity index (χ2n) is 3.28. The average Bonchev–Trinajstić information content (AvgIpc) is 2.76. The molecule has 0 saturated heterocycles. The number of aromatic amines is 2. The summed E-state index contributed by atoms with van der Waals surface area (Å²) in [6.45, 7) is 2.46. The molecule has 0 aliphatic carbocycles. The number of H-pyrrole nitrogens is 2. The maximum absolute atomic E-state index is 11.3. The van der Waals surface area contributed by atoms with Gasteiger partial charge in [0.15, 0.2) is 0 Å². The van der Waals surface area contributed by atoms with Crippen molar-refractivity contribution in [2.24, 2.45) is 0 Å². The predicted molar refractivity (Wildman–Crippen MR) is 64.3 cm³/mol.